The summed E-state index contributed by atoms with van der Waals surface area (Å²) >= 11 is 2.10. The van der Waals surface area contributed by atoms with Crippen molar-refractivity contribution in [1.82, 2.24) is 14.9 Å². The van der Waals surface area contributed by atoms with Crippen LogP contribution in [0.25, 0.3) is 0 Å². The number of nitrogens with zero attached hydrogens (tertiary/aromatic N) is 2. The Hall–Kier alpha value is -0.480. The Kier molecular flexibility index (Phi) is 3.20. The lowest BCUT2D eigenvalue weighted by Gasteiger charge is -2.15. The van der Waals surface area contributed by atoms with Gasteiger partial charge in [0.05, 0.1) is 6.33 Å². The molecule has 2 aliphatic rings. The van der Waals surface area contributed by atoms with Crippen LogP contribution in [0.5, 0.6) is 0 Å². The van der Waals surface area contributed by atoms with Crippen LogP contribution >= 0.6 is 11.8 Å². The van der Waals surface area contributed by atoms with E-state index in [1.165, 1.54) is 36.6 Å². The van der Waals surface area contributed by atoms with E-state index in [0.29, 0.717) is 5.92 Å². The molecule has 2 aliphatic heterocycles. The lowest BCUT2D eigenvalue weighted by Crippen LogP contribution is -2.15. The van der Waals surface area contributed by atoms with Crippen LogP contribution in [-0.2, 0) is 6.54 Å². The zero-order valence-corrected chi connectivity index (χ0v) is 10.4. The Balaban J connectivity index is 1.71. The molecule has 0 aliphatic carbocycles. The van der Waals surface area contributed by atoms with Crippen molar-refractivity contribution in [2.45, 2.75) is 25.3 Å². The molecule has 0 amide bonds. The molecule has 3 heterocycles. The highest BCUT2D eigenvalue weighted by Gasteiger charge is 2.22. The fraction of sp³-hybridized carbons (Fsp3) is 0.750. The fourth-order valence-electron chi connectivity index (χ4n) is 2.74. The lowest BCUT2D eigenvalue weighted by molar-refractivity contribution is 0.473. The molecule has 0 spiro atoms. The monoisotopic (exact) mass is 237 g/mol. The summed E-state index contributed by atoms with van der Waals surface area (Å²) in [4.78, 5) is 4.34. The average Bonchev–Trinajstić information content (AvgIpc) is 2.98. The van der Waals surface area contributed by atoms with Gasteiger partial charge >= 0.3 is 0 Å². The van der Waals surface area contributed by atoms with Gasteiger partial charge in [0.2, 0.25) is 0 Å². The molecule has 0 aromatic carbocycles. The second-order valence-corrected chi connectivity index (χ2v) is 6.04. The number of rotatable bonds is 3. The Morgan fingerprint density at radius 2 is 2.50 bits per heavy atom. The van der Waals surface area contributed by atoms with E-state index in [9.17, 15) is 0 Å². The highest BCUT2D eigenvalue weighted by Crippen LogP contribution is 2.27. The predicted molar refractivity (Wildman–Crippen MR) is 67.9 cm³/mol. The van der Waals surface area contributed by atoms with Crippen molar-refractivity contribution in [3.63, 3.8) is 0 Å². The van der Waals surface area contributed by atoms with Crippen molar-refractivity contribution in [3.05, 3.63) is 18.2 Å². The summed E-state index contributed by atoms with van der Waals surface area (Å²) in [6, 6.07) is 0. The largest absolute Gasteiger partial charge is 0.334 e. The summed E-state index contributed by atoms with van der Waals surface area (Å²) < 4.78 is 2.40. The molecular formula is C12H19N3S. The summed E-state index contributed by atoms with van der Waals surface area (Å²) in [6.45, 7) is 3.47. The summed E-state index contributed by atoms with van der Waals surface area (Å²) in [5, 5.41) is 3.44. The van der Waals surface area contributed by atoms with Crippen LogP contribution in [0, 0.1) is 5.92 Å². The first-order valence-electron chi connectivity index (χ1n) is 6.22. The van der Waals surface area contributed by atoms with Crippen molar-refractivity contribution in [2.75, 3.05) is 24.6 Å². The van der Waals surface area contributed by atoms with Crippen LogP contribution in [0.2, 0.25) is 0 Å². The van der Waals surface area contributed by atoms with Gasteiger partial charge in [-0.3, -0.25) is 0 Å². The number of nitrogens with one attached hydrogen (secondary N) is 1. The molecule has 1 aromatic heterocycles. The minimum absolute atomic E-state index is 0.691. The number of hydrogen-bond donors (Lipinski definition) is 1. The van der Waals surface area contributed by atoms with Gasteiger partial charge in [0.1, 0.15) is 0 Å². The predicted octanol–water partition coefficient (Wildman–Crippen LogP) is 1.71. The summed E-state index contributed by atoms with van der Waals surface area (Å²) in [7, 11) is 0. The van der Waals surface area contributed by atoms with Crippen molar-refractivity contribution in [2.24, 2.45) is 5.92 Å². The van der Waals surface area contributed by atoms with Gasteiger partial charge in [-0.2, -0.15) is 11.8 Å². The Bertz CT molecular complexity index is 338. The van der Waals surface area contributed by atoms with E-state index in [1.54, 1.807) is 0 Å². The maximum Gasteiger partial charge on any atom is 0.0948 e. The van der Waals surface area contributed by atoms with E-state index in [4.69, 9.17) is 0 Å². The minimum Gasteiger partial charge on any atom is -0.334 e. The van der Waals surface area contributed by atoms with Crippen LogP contribution in [-0.4, -0.2) is 34.1 Å². The molecule has 16 heavy (non-hydrogen) atoms. The molecule has 2 fully saturated rings. The van der Waals surface area contributed by atoms with E-state index in [2.05, 4.69) is 32.8 Å². The van der Waals surface area contributed by atoms with Gasteiger partial charge in [0.25, 0.3) is 0 Å². The third-order valence-corrected chi connectivity index (χ3v) is 4.93. The first kappa shape index (κ1) is 10.7. The zero-order valence-electron chi connectivity index (χ0n) is 9.56. The highest BCUT2D eigenvalue weighted by atomic mass is 32.2. The molecule has 2 unspecified atom stereocenters. The standard InChI is InChI=1S/C12H19N3S/c1-3-13-5-11(1)12-6-14-9-15(12)7-10-2-4-16-8-10/h6,9-11,13H,1-5,7-8H2. The molecule has 3 nitrogen and oxygen atoms in total. The molecule has 2 saturated heterocycles. The van der Waals surface area contributed by atoms with Gasteiger partial charge in [-0.05, 0) is 36.8 Å². The second-order valence-electron chi connectivity index (χ2n) is 4.89. The van der Waals surface area contributed by atoms with E-state index in [-0.39, 0.29) is 0 Å². The quantitative estimate of drug-likeness (QED) is 0.868. The third-order valence-electron chi connectivity index (χ3n) is 3.70. The SMILES string of the molecule is c1ncn(CC2CCSC2)c1C1CCNC1. The third kappa shape index (κ3) is 2.13. The van der Waals surface area contributed by atoms with Crippen LogP contribution < -0.4 is 5.32 Å². The summed E-state index contributed by atoms with van der Waals surface area (Å²) in [6.07, 6.45) is 6.74. The molecule has 1 N–H and O–H groups in total. The fourth-order valence-corrected chi connectivity index (χ4v) is 4.01. The van der Waals surface area contributed by atoms with Gasteiger partial charge in [-0.15, -0.1) is 0 Å². The van der Waals surface area contributed by atoms with Gasteiger partial charge in [-0.1, -0.05) is 0 Å². The van der Waals surface area contributed by atoms with Crippen molar-refractivity contribution < 1.29 is 0 Å². The van der Waals surface area contributed by atoms with E-state index in [1.807, 2.05) is 6.33 Å². The Morgan fingerprint density at radius 1 is 1.50 bits per heavy atom. The molecule has 0 radical (unpaired) electrons. The molecule has 4 heteroatoms. The summed E-state index contributed by atoms with van der Waals surface area (Å²) in [5.41, 5.74) is 1.45. The minimum atomic E-state index is 0.691. The number of thioether (sulfide) groups is 1. The summed E-state index contributed by atoms with van der Waals surface area (Å²) in [5.74, 6) is 4.24. The van der Waals surface area contributed by atoms with Crippen LogP contribution in [0.1, 0.15) is 24.5 Å². The Morgan fingerprint density at radius 3 is 3.25 bits per heavy atom. The molecule has 0 saturated carbocycles. The molecule has 1 aromatic rings. The highest BCUT2D eigenvalue weighted by molar-refractivity contribution is 7.99. The van der Waals surface area contributed by atoms with Crippen LogP contribution in [0.15, 0.2) is 12.5 Å². The Labute approximate surface area is 101 Å². The number of aromatic nitrogens is 2. The van der Waals surface area contributed by atoms with Crippen molar-refractivity contribution in [3.8, 4) is 0 Å². The van der Waals surface area contributed by atoms with Crippen molar-refractivity contribution in [1.29, 1.82) is 0 Å². The van der Waals surface area contributed by atoms with E-state index in [0.717, 1.165) is 19.0 Å². The average molecular weight is 237 g/mol. The smallest absolute Gasteiger partial charge is 0.0948 e. The number of imidazole rings is 1. The molecule has 88 valence electrons. The van der Waals surface area contributed by atoms with Crippen LogP contribution in [0.3, 0.4) is 0 Å². The van der Waals surface area contributed by atoms with Gasteiger partial charge in [0.15, 0.2) is 0 Å². The van der Waals surface area contributed by atoms with Gasteiger partial charge in [0, 0.05) is 30.9 Å². The molecule has 3 rings (SSSR count). The van der Waals surface area contributed by atoms with E-state index >= 15 is 0 Å². The first-order valence-corrected chi connectivity index (χ1v) is 7.37. The first-order chi connectivity index (χ1) is 7.93. The molecule has 2 atom stereocenters. The zero-order chi connectivity index (χ0) is 10.8. The normalized spacial score (nSPS) is 30.0. The van der Waals surface area contributed by atoms with E-state index < -0.39 is 0 Å². The number of hydrogen-bond acceptors (Lipinski definition) is 3. The second kappa shape index (κ2) is 4.80. The van der Waals surface area contributed by atoms with Crippen molar-refractivity contribution >= 4 is 11.8 Å². The molecular weight excluding hydrogens is 218 g/mol. The van der Waals surface area contributed by atoms with Gasteiger partial charge in [-0.25, -0.2) is 4.98 Å². The lowest BCUT2D eigenvalue weighted by atomic mass is 10.0. The van der Waals surface area contributed by atoms with Gasteiger partial charge < -0.3 is 9.88 Å². The maximum absolute atomic E-state index is 4.34. The maximum atomic E-state index is 4.34. The topological polar surface area (TPSA) is 29.9 Å². The molecule has 0 bridgehead atoms. The van der Waals surface area contributed by atoms with Crippen LogP contribution in [0.4, 0.5) is 0 Å².